The van der Waals surface area contributed by atoms with E-state index in [0.717, 1.165) is 37.2 Å². The monoisotopic (exact) mass is 272 g/mol. The molecule has 0 saturated heterocycles. The predicted molar refractivity (Wildman–Crippen MR) is 77.9 cm³/mol. The topological polar surface area (TPSA) is 50.4 Å². The zero-order chi connectivity index (χ0) is 13.8. The third kappa shape index (κ3) is 2.85. The fourth-order valence-corrected chi connectivity index (χ4v) is 2.77. The minimum absolute atomic E-state index is 0.0812. The molecule has 1 atom stereocenters. The van der Waals surface area contributed by atoms with Crippen LogP contribution < -0.4 is 15.4 Å². The Balaban J connectivity index is 1.64. The molecule has 0 spiro atoms. The molecular formula is C16H20N2O2. The van der Waals surface area contributed by atoms with Gasteiger partial charge in [0.2, 0.25) is 5.91 Å². The average Bonchev–Trinajstić information content (AvgIpc) is 2.53. The summed E-state index contributed by atoms with van der Waals surface area (Å²) in [5, 5.41) is 6.35. The second kappa shape index (κ2) is 6.09. The molecule has 4 heteroatoms. The van der Waals surface area contributed by atoms with E-state index in [1.54, 1.807) is 0 Å². The van der Waals surface area contributed by atoms with Gasteiger partial charge in [0.1, 0.15) is 5.75 Å². The van der Waals surface area contributed by atoms with Gasteiger partial charge in [-0.2, -0.15) is 0 Å². The van der Waals surface area contributed by atoms with Gasteiger partial charge in [-0.15, -0.1) is 0 Å². The van der Waals surface area contributed by atoms with Crippen LogP contribution in [0.4, 0.5) is 0 Å². The van der Waals surface area contributed by atoms with E-state index in [1.807, 2.05) is 24.3 Å². The summed E-state index contributed by atoms with van der Waals surface area (Å²) in [4.78, 5) is 12.4. The first-order chi connectivity index (χ1) is 9.84. The predicted octanol–water partition coefficient (Wildman–Crippen LogP) is 1.59. The number of para-hydroxylation sites is 1. The molecule has 1 aromatic carbocycles. The van der Waals surface area contributed by atoms with Crippen molar-refractivity contribution in [2.24, 2.45) is 0 Å². The first-order valence-electron chi connectivity index (χ1n) is 7.22. The molecule has 0 saturated carbocycles. The summed E-state index contributed by atoms with van der Waals surface area (Å²) in [5.41, 5.74) is 2.33. The number of hydrogen-bond acceptors (Lipinski definition) is 3. The molecular weight excluding hydrogens is 252 g/mol. The second-order valence-corrected chi connectivity index (χ2v) is 5.26. The summed E-state index contributed by atoms with van der Waals surface area (Å²) in [6.45, 7) is 3.19. The summed E-state index contributed by atoms with van der Waals surface area (Å²) < 4.78 is 5.60. The van der Waals surface area contributed by atoms with Crippen molar-refractivity contribution in [3.05, 3.63) is 41.5 Å². The fraction of sp³-hybridized carbons (Fsp3) is 0.438. The number of ether oxygens (including phenoxy) is 1. The van der Waals surface area contributed by atoms with Crippen molar-refractivity contribution in [2.75, 3.05) is 26.2 Å². The minimum Gasteiger partial charge on any atom is -0.493 e. The third-order valence-corrected chi connectivity index (χ3v) is 3.92. The van der Waals surface area contributed by atoms with Gasteiger partial charge in [-0.1, -0.05) is 29.8 Å². The lowest BCUT2D eigenvalue weighted by atomic mass is 9.92. The molecule has 1 unspecified atom stereocenters. The first-order valence-corrected chi connectivity index (χ1v) is 7.22. The number of amides is 1. The Labute approximate surface area is 119 Å². The summed E-state index contributed by atoms with van der Waals surface area (Å²) in [6, 6.07) is 7.83. The maximum Gasteiger partial charge on any atom is 0.228 e. The molecule has 0 radical (unpaired) electrons. The van der Waals surface area contributed by atoms with E-state index in [-0.39, 0.29) is 11.8 Å². The molecule has 2 aliphatic heterocycles. The van der Waals surface area contributed by atoms with Gasteiger partial charge >= 0.3 is 0 Å². The van der Waals surface area contributed by atoms with E-state index in [4.69, 9.17) is 4.74 Å². The Morgan fingerprint density at radius 3 is 3.15 bits per heavy atom. The average molecular weight is 272 g/mol. The molecule has 2 N–H and O–H groups in total. The van der Waals surface area contributed by atoms with Crippen LogP contribution in [0.5, 0.6) is 5.75 Å². The maximum atomic E-state index is 12.4. The molecule has 3 rings (SSSR count). The summed E-state index contributed by atoms with van der Waals surface area (Å²) >= 11 is 0. The van der Waals surface area contributed by atoms with E-state index in [2.05, 4.69) is 16.7 Å². The normalized spacial score (nSPS) is 21.4. The molecule has 1 aromatic rings. The molecule has 106 valence electrons. The van der Waals surface area contributed by atoms with Crippen LogP contribution in [0.15, 0.2) is 35.9 Å². The molecule has 1 amide bonds. The summed E-state index contributed by atoms with van der Waals surface area (Å²) in [6.07, 6.45) is 3.94. The highest BCUT2D eigenvalue weighted by Gasteiger charge is 2.27. The molecule has 0 fully saturated rings. The maximum absolute atomic E-state index is 12.4. The highest BCUT2D eigenvalue weighted by molar-refractivity contribution is 5.84. The Morgan fingerprint density at radius 1 is 1.40 bits per heavy atom. The van der Waals surface area contributed by atoms with Crippen LogP contribution in [-0.4, -0.2) is 32.1 Å². The lowest BCUT2D eigenvalue weighted by molar-refractivity contribution is -0.123. The highest BCUT2D eigenvalue weighted by Crippen LogP contribution is 2.33. The zero-order valence-electron chi connectivity index (χ0n) is 11.5. The standard InChI is InChI=1S/C16H20N2O2/c19-16(18-11-12-5-8-17-9-6-12)14-7-10-20-15-4-2-1-3-13(14)15/h1-5,14,17H,6-11H2,(H,18,19). The third-order valence-electron chi connectivity index (χ3n) is 3.92. The number of rotatable bonds is 3. The van der Waals surface area contributed by atoms with E-state index in [9.17, 15) is 4.79 Å². The Hall–Kier alpha value is -1.81. The molecule has 0 aliphatic carbocycles. The van der Waals surface area contributed by atoms with E-state index < -0.39 is 0 Å². The zero-order valence-corrected chi connectivity index (χ0v) is 11.5. The van der Waals surface area contributed by atoms with Crippen LogP contribution in [-0.2, 0) is 4.79 Å². The highest BCUT2D eigenvalue weighted by atomic mass is 16.5. The lowest BCUT2D eigenvalue weighted by Gasteiger charge is -2.25. The van der Waals surface area contributed by atoms with Crippen molar-refractivity contribution in [1.82, 2.24) is 10.6 Å². The number of benzene rings is 1. The molecule has 4 nitrogen and oxygen atoms in total. The van der Waals surface area contributed by atoms with Crippen molar-refractivity contribution in [1.29, 1.82) is 0 Å². The molecule has 2 heterocycles. The summed E-state index contributed by atoms with van der Waals surface area (Å²) in [7, 11) is 0. The van der Waals surface area contributed by atoms with Gasteiger partial charge in [0, 0.05) is 18.7 Å². The Kier molecular flexibility index (Phi) is 4.02. The number of carbonyl (C=O) groups excluding carboxylic acids is 1. The van der Waals surface area contributed by atoms with Crippen LogP contribution in [0.3, 0.4) is 0 Å². The van der Waals surface area contributed by atoms with Gasteiger partial charge in [-0.25, -0.2) is 0 Å². The van der Waals surface area contributed by atoms with E-state index in [0.29, 0.717) is 13.2 Å². The first kappa shape index (κ1) is 13.2. The van der Waals surface area contributed by atoms with Crippen LogP contribution in [0, 0.1) is 0 Å². The van der Waals surface area contributed by atoms with Crippen LogP contribution in [0.2, 0.25) is 0 Å². The lowest BCUT2D eigenvalue weighted by Crippen LogP contribution is -2.35. The van der Waals surface area contributed by atoms with E-state index >= 15 is 0 Å². The van der Waals surface area contributed by atoms with Gasteiger partial charge in [-0.05, 0) is 25.5 Å². The Bertz CT molecular complexity index is 525. The van der Waals surface area contributed by atoms with Crippen LogP contribution >= 0.6 is 0 Å². The number of hydrogen-bond donors (Lipinski definition) is 2. The fourth-order valence-electron chi connectivity index (χ4n) is 2.77. The van der Waals surface area contributed by atoms with Crippen LogP contribution in [0.25, 0.3) is 0 Å². The minimum atomic E-state index is -0.0812. The van der Waals surface area contributed by atoms with Crippen LogP contribution in [0.1, 0.15) is 24.3 Å². The van der Waals surface area contributed by atoms with Crippen molar-refractivity contribution >= 4 is 5.91 Å². The van der Waals surface area contributed by atoms with Crippen molar-refractivity contribution in [3.8, 4) is 5.75 Å². The molecule has 0 aromatic heterocycles. The number of carbonyl (C=O) groups is 1. The van der Waals surface area contributed by atoms with Gasteiger partial charge < -0.3 is 15.4 Å². The Morgan fingerprint density at radius 2 is 2.30 bits per heavy atom. The van der Waals surface area contributed by atoms with Crippen molar-refractivity contribution < 1.29 is 9.53 Å². The van der Waals surface area contributed by atoms with Crippen molar-refractivity contribution in [3.63, 3.8) is 0 Å². The van der Waals surface area contributed by atoms with Crippen molar-refractivity contribution in [2.45, 2.75) is 18.8 Å². The largest absolute Gasteiger partial charge is 0.493 e. The quantitative estimate of drug-likeness (QED) is 0.822. The number of fused-ring (bicyclic) bond motifs is 1. The van der Waals surface area contributed by atoms with Gasteiger partial charge in [0.05, 0.1) is 12.5 Å². The molecule has 0 bridgehead atoms. The smallest absolute Gasteiger partial charge is 0.228 e. The second-order valence-electron chi connectivity index (χ2n) is 5.26. The number of nitrogens with one attached hydrogen (secondary N) is 2. The van der Waals surface area contributed by atoms with Gasteiger partial charge in [-0.3, -0.25) is 4.79 Å². The SMILES string of the molecule is O=C(NCC1=CCNCC1)C1CCOc2ccccc21. The van der Waals surface area contributed by atoms with Gasteiger partial charge in [0.25, 0.3) is 0 Å². The van der Waals surface area contributed by atoms with E-state index in [1.165, 1.54) is 5.57 Å². The summed E-state index contributed by atoms with van der Waals surface area (Å²) in [5.74, 6) is 0.877. The molecule has 2 aliphatic rings. The molecule has 20 heavy (non-hydrogen) atoms. The van der Waals surface area contributed by atoms with Gasteiger partial charge in [0.15, 0.2) is 0 Å².